The number of aromatic nitrogens is 2. The maximum atomic E-state index is 12.5. The van der Waals surface area contributed by atoms with E-state index in [2.05, 4.69) is 25.9 Å². The molecule has 1 aliphatic heterocycles. The van der Waals surface area contributed by atoms with Crippen molar-refractivity contribution in [3.05, 3.63) is 30.1 Å². The Kier molecular flexibility index (Phi) is 6.79. The van der Waals surface area contributed by atoms with E-state index in [0.717, 1.165) is 31.2 Å². The van der Waals surface area contributed by atoms with E-state index >= 15 is 0 Å². The van der Waals surface area contributed by atoms with Crippen molar-refractivity contribution >= 4 is 34.5 Å². The van der Waals surface area contributed by atoms with Gasteiger partial charge in [0.25, 0.3) is 5.91 Å². The van der Waals surface area contributed by atoms with Gasteiger partial charge in [-0.05, 0) is 24.5 Å². The molecule has 32 heavy (non-hydrogen) atoms. The van der Waals surface area contributed by atoms with Gasteiger partial charge in [0, 0.05) is 0 Å². The molecule has 2 aromatic rings. The Hall–Kier alpha value is -3.27. The minimum atomic E-state index is -0.595. The molecule has 2 heterocycles. The van der Waals surface area contributed by atoms with Crippen LogP contribution in [0.15, 0.2) is 24.3 Å². The highest BCUT2D eigenvalue weighted by Crippen LogP contribution is 2.29. The van der Waals surface area contributed by atoms with Crippen molar-refractivity contribution in [2.75, 3.05) is 19.7 Å². The summed E-state index contributed by atoms with van der Waals surface area (Å²) in [5.74, 6) is -1.06. The predicted molar refractivity (Wildman–Crippen MR) is 115 cm³/mol. The monoisotopic (exact) mass is 441 g/mol. The summed E-state index contributed by atoms with van der Waals surface area (Å²) >= 11 is 0. The number of Topliss-reactive ketones (excluding diaryl/α,β-unsaturated/α-hetero) is 1. The minimum Gasteiger partial charge on any atom is -0.365 e. The van der Waals surface area contributed by atoms with Crippen molar-refractivity contribution in [3.63, 3.8) is 0 Å². The molecule has 2 atom stereocenters. The van der Waals surface area contributed by atoms with Crippen molar-refractivity contribution in [3.8, 4) is 0 Å². The molecule has 1 aromatic carbocycles. The van der Waals surface area contributed by atoms with Crippen LogP contribution in [0.5, 0.6) is 0 Å². The Balaban J connectivity index is 1.21. The Labute approximate surface area is 184 Å². The van der Waals surface area contributed by atoms with Gasteiger partial charge >= 0.3 is 0 Å². The number of ketones is 1. The number of epoxide rings is 1. The van der Waals surface area contributed by atoms with Gasteiger partial charge in [-0.3, -0.25) is 19.2 Å². The quantitative estimate of drug-likeness (QED) is 0.394. The zero-order valence-electron chi connectivity index (χ0n) is 17.7. The topological polar surface area (TPSA) is 146 Å². The van der Waals surface area contributed by atoms with E-state index < -0.39 is 29.9 Å². The number of fused-ring (bicyclic) bond motifs is 1. The molecule has 4 rings (SSSR count). The normalized spacial score (nSPS) is 18.8. The highest BCUT2D eigenvalue weighted by molar-refractivity contribution is 5.97. The number of H-pyrrole nitrogens is 1. The molecule has 0 spiro atoms. The minimum absolute atomic E-state index is 0.102. The number of imidazole rings is 1. The second-order valence-corrected chi connectivity index (χ2v) is 8.29. The number of nitrogens with one attached hydrogen (secondary N) is 4. The molecular formula is C22H27N5O5. The zero-order chi connectivity index (χ0) is 22.5. The van der Waals surface area contributed by atoms with Crippen molar-refractivity contribution in [2.24, 2.45) is 5.92 Å². The van der Waals surface area contributed by atoms with Gasteiger partial charge in [-0.25, -0.2) is 4.98 Å². The van der Waals surface area contributed by atoms with Crippen molar-refractivity contribution in [1.82, 2.24) is 25.9 Å². The van der Waals surface area contributed by atoms with Gasteiger partial charge < -0.3 is 25.7 Å². The zero-order valence-corrected chi connectivity index (χ0v) is 17.7. The average molecular weight is 441 g/mol. The maximum Gasteiger partial charge on any atom is 0.287 e. The van der Waals surface area contributed by atoms with Crippen LogP contribution in [0.25, 0.3) is 11.0 Å². The first-order chi connectivity index (χ1) is 15.5. The van der Waals surface area contributed by atoms with Crippen LogP contribution in [-0.4, -0.2) is 65.3 Å². The van der Waals surface area contributed by atoms with Crippen LogP contribution >= 0.6 is 0 Å². The molecule has 1 saturated carbocycles. The third kappa shape index (κ3) is 5.70. The van der Waals surface area contributed by atoms with Gasteiger partial charge in [-0.15, -0.1) is 0 Å². The number of para-hydroxylation sites is 2. The molecule has 0 radical (unpaired) electrons. The first-order valence-electron chi connectivity index (χ1n) is 10.9. The van der Waals surface area contributed by atoms with Crippen LogP contribution in [0, 0.1) is 5.92 Å². The van der Waals surface area contributed by atoms with Crippen LogP contribution in [0.3, 0.4) is 0 Å². The van der Waals surface area contributed by atoms with E-state index in [4.69, 9.17) is 4.74 Å². The number of aromatic amines is 1. The molecule has 1 unspecified atom stereocenters. The second-order valence-electron chi connectivity index (χ2n) is 8.29. The summed E-state index contributed by atoms with van der Waals surface area (Å²) in [4.78, 5) is 56.1. The van der Waals surface area contributed by atoms with Gasteiger partial charge in [0.2, 0.25) is 11.8 Å². The smallest absolute Gasteiger partial charge is 0.287 e. The molecule has 2 fully saturated rings. The fraction of sp³-hybridized carbons (Fsp3) is 0.500. The molecule has 1 aliphatic carbocycles. The van der Waals surface area contributed by atoms with Gasteiger partial charge in [0.1, 0.15) is 6.10 Å². The molecule has 4 N–H and O–H groups in total. The number of carbonyl (C=O) groups is 4. The van der Waals surface area contributed by atoms with E-state index in [1.807, 2.05) is 12.1 Å². The fourth-order valence-corrected chi connectivity index (χ4v) is 4.05. The summed E-state index contributed by atoms with van der Waals surface area (Å²) in [6.07, 6.45) is 4.60. The number of hydrogen-bond donors (Lipinski definition) is 4. The number of carbonyl (C=O) groups excluding carboxylic acids is 4. The first-order valence-corrected chi connectivity index (χ1v) is 10.9. The third-order valence-corrected chi connectivity index (χ3v) is 5.83. The molecule has 0 bridgehead atoms. The number of rotatable bonds is 10. The highest BCUT2D eigenvalue weighted by Gasteiger charge is 2.38. The Morgan fingerprint density at radius 2 is 1.78 bits per heavy atom. The van der Waals surface area contributed by atoms with E-state index in [1.165, 1.54) is 0 Å². The predicted octanol–water partition coefficient (Wildman–Crippen LogP) is 0.442. The maximum absolute atomic E-state index is 12.5. The lowest BCUT2D eigenvalue weighted by Crippen LogP contribution is -2.48. The number of benzene rings is 1. The summed E-state index contributed by atoms with van der Waals surface area (Å²) in [6.45, 7) is -0.180. The van der Waals surface area contributed by atoms with E-state index in [1.54, 1.807) is 12.1 Å². The van der Waals surface area contributed by atoms with E-state index in [9.17, 15) is 19.2 Å². The summed E-state index contributed by atoms with van der Waals surface area (Å²) in [6, 6.07) is 6.61. The van der Waals surface area contributed by atoms with E-state index in [-0.39, 0.29) is 24.7 Å². The van der Waals surface area contributed by atoms with Gasteiger partial charge in [-0.2, -0.15) is 0 Å². The van der Waals surface area contributed by atoms with Crippen LogP contribution in [0.4, 0.5) is 0 Å². The molecule has 170 valence electrons. The molecule has 1 aromatic heterocycles. The fourth-order valence-electron chi connectivity index (χ4n) is 4.05. The molecule has 3 amide bonds. The summed E-state index contributed by atoms with van der Waals surface area (Å²) in [7, 11) is 0. The molecule has 10 nitrogen and oxygen atoms in total. The molecule has 10 heteroatoms. The van der Waals surface area contributed by atoms with Gasteiger partial charge in [0.05, 0.1) is 36.8 Å². The molecule has 2 aliphatic rings. The summed E-state index contributed by atoms with van der Waals surface area (Å²) < 4.78 is 5.09. The standard InChI is InChI=1S/C22H27N5O5/c28-18(10-24-22(31)21-26-14-7-3-4-8-15(14)27-21)23-11-19(29)25-16(20(30)17-12-32-17)9-13-5-1-2-6-13/h3-4,7-8,13,16-17H,1-2,5-6,9-12H2,(H,23,28)(H,24,31)(H,25,29)(H,26,27)/t16-,17?/m0/s1. The van der Waals surface area contributed by atoms with Crippen molar-refractivity contribution in [2.45, 2.75) is 44.2 Å². The van der Waals surface area contributed by atoms with Gasteiger partial charge in [0.15, 0.2) is 11.6 Å². The number of amides is 3. The Morgan fingerprint density at radius 1 is 1.06 bits per heavy atom. The SMILES string of the molecule is O=C(CNC(=O)c1nc2ccccc2[nH]1)NCC(=O)N[C@@H](CC1CCCC1)C(=O)C1CO1. The Bertz CT molecular complexity index is 976. The van der Waals surface area contributed by atoms with Crippen LogP contribution in [0.2, 0.25) is 0 Å². The second kappa shape index (κ2) is 9.90. The molecule has 1 saturated heterocycles. The number of nitrogens with zero attached hydrogens (tertiary/aromatic N) is 1. The largest absolute Gasteiger partial charge is 0.365 e. The first kappa shape index (κ1) is 21.9. The van der Waals surface area contributed by atoms with Crippen LogP contribution in [0.1, 0.15) is 42.7 Å². The number of hydrogen-bond acceptors (Lipinski definition) is 6. The highest BCUT2D eigenvalue weighted by atomic mass is 16.6. The van der Waals surface area contributed by atoms with Crippen molar-refractivity contribution in [1.29, 1.82) is 0 Å². The third-order valence-electron chi connectivity index (χ3n) is 5.83. The lowest BCUT2D eigenvalue weighted by molar-refractivity contribution is -0.129. The van der Waals surface area contributed by atoms with Crippen LogP contribution < -0.4 is 16.0 Å². The number of ether oxygens (including phenoxy) is 1. The summed E-state index contributed by atoms with van der Waals surface area (Å²) in [5, 5.41) is 7.67. The average Bonchev–Trinajstić information content (AvgIpc) is 3.34. The lowest BCUT2D eigenvalue weighted by atomic mass is 9.94. The van der Waals surface area contributed by atoms with Crippen LogP contribution in [-0.2, 0) is 19.1 Å². The molecular weight excluding hydrogens is 414 g/mol. The Morgan fingerprint density at radius 3 is 2.50 bits per heavy atom. The summed E-state index contributed by atoms with van der Waals surface area (Å²) in [5.41, 5.74) is 1.37. The van der Waals surface area contributed by atoms with Crippen molar-refractivity contribution < 1.29 is 23.9 Å². The lowest BCUT2D eigenvalue weighted by Gasteiger charge is -2.20. The van der Waals surface area contributed by atoms with E-state index in [0.29, 0.717) is 24.5 Å². The van der Waals surface area contributed by atoms with Gasteiger partial charge in [-0.1, -0.05) is 37.8 Å².